The topological polar surface area (TPSA) is 15.3 Å². The van der Waals surface area contributed by atoms with Gasteiger partial charge in [-0.05, 0) is 12.2 Å². The number of nitrogens with zero attached hydrogens (tertiary/aromatic N) is 1. The molecule has 2 nitrogen and oxygen atoms in total. The standard InChI is InChI=1S/C4H10N2S.H2/c1-5-4(7)6(2)3;/h1-3H3,(H,5,7);1H. The molecule has 0 aromatic heterocycles. The average molecular weight is 120 g/mol. The van der Waals surface area contributed by atoms with Crippen LogP contribution in [0.15, 0.2) is 0 Å². The van der Waals surface area contributed by atoms with Crippen LogP contribution in [0.25, 0.3) is 0 Å². The predicted octanol–water partition coefficient (Wildman–Crippen LogP) is 0.298. The van der Waals surface area contributed by atoms with Crippen LogP contribution in [-0.4, -0.2) is 31.2 Å². The van der Waals surface area contributed by atoms with Crippen LogP contribution in [0.4, 0.5) is 0 Å². The highest BCUT2D eigenvalue weighted by Crippen LogP contribution is 1.72. The molecule has 0 spiro atoms. The molecule has 0 fully saturated rings. The van der Waals surface area contributed by atoms with Crippen molar-refractivity contribution in [3.63, 3.8) is 0 Å². The maximum atomic E-state index is 4.79. The minimum Gasteiger partial charge on any atom is -0.366 e. The summed E-state index contributed by atoms with van der Waals surface area (Å²) in [5.41, 5.74) is 0. The first-order valence-corrected chi connectivity index (χ1v) is 2.48. The van der Waals surface area contributed by atoms with Crippen LogP contribution < -0.4 is 5.32 Å². The number of hydrogen-bond acceptors (Lipinski definition) is 1. The molecule has 0 aliphatic heterocycles. The first kappa shape index (κ1) is 6.69. The molecule has 0 saturated heterocycles. The van der Waals surface area contributed by atoms with E-state index in [1.54, 1.807) is 0 Å². The van der Waals surface area contributed by atoms with Crippen molar-refractivity contribution in [1.82, 2.24) is 10.2 Å². The van der Waals surface area contributed by atoms with Crippen LogP contribution in [0, 0.1) is 0 Å². The molecule has 0 rings (SSSR count). The second kappa shape index (κ2) is 2.80. The van der Waals surface area contributed by atoms with Crippen molar-refractivity contribution in [3.8, 4) is 0 Å². The fraction of sp³-hybridized carbons (Fsp3) is 0.750. The van der Waals surface area contributed by atoms with E-state index in [-0.39, 0.29) is 1.43 Å². The van der Waals surface area contributed by atoms with E-state index in [1.807, 2.05) is 26.0 Å². The molecule has 0 aromatic rings. The highest BCUT2D eigenvalue weighted by atomic mass is 32.1. The number of thiocarbonyl (C=S) groups is 1. The molecule has 0 saturated carbocycles. The lowest BCUT2D eigenvalue weighted by Crippen LogP contribution is -2.30. The molecule has 0 unspecified atom stereocenters. The van der Waals surface area contributed by atoms with Crippen LogP contribution in [0.5, 0.6) is 0 Å². The molecule has 0 aromatic carbocycles. The van der Waals surface area contributed by atoms with E-state index in [0.717, 1.165) is 5.11 Å². The smallest absolute Gasteiger partial charge is 0.168 e. The van der Waals surface area contributed by atoms with Crippen LogP contribution in [-0.2, 0) is 0 Å². The Labute approximate surface area is 51.0 Å². The molecule has 0 atom stereocenters. The van der Waals surface area contributed by atoms with Gasteiger partial charge in [0.25, 0.3) is 0 Å². The normalized spacial score (nSPS) is 7.86. The van der Waals surface area contributed by atoms with Gasteiger partial charge in [-0.1, -0.05) is 0 Å². The zero-order valence-corrected chi connectivity index (χ0v) is 5.67. The Balaban J connectivity index is 0. The summed E-state index contributed by atoms with van der Waals surface area (Å²) >= 11 is 4.79. The monoisotopic (exact) mass is 120 g/mol. The predicted molar refractivity (Wildman–Crippen MR) is 37.5 cm³/mol. The van der Waals surface area contributed by atoms with Crippen molar-refractivity contribution in [1.29, 1.82) is 0 Å². The molecular formula is C4H12N2S. The third kappa shape index (κ3) is 2.39. The van der Waals surface area contributed by atoms with Gasteiger partial charge in [0.1, 0.15) is 0 Å². The summed E-state index contributed by atoms with van der Waals surface area (Å²) in [6.45, 7) is 0. The maximum absolute atomic E-state index is 4.79. The van der Waals surface area contributed by atoms with Gasteiger partial charge >= 0.3 is 0 Å². The van der Waals surface area contributed by atoms with E-state index >= 15 is 0 Å². The van der Waals surface area contributed by atoms with Gasteiger partial charge in [-0.2, -0.15) is 0 Å². The third-order valence-electron chi connectivity index (χ3n) is 0.620. The van der Waals surface area contributed by atoms with Crippen molar-refractivity contribution in [2.24, 2.45) is 0 Å². The molecule has 0 heterocycles. The fourth-order valence-corrected chi connectivity index (χ4v) is 0.224. The fourth-order valence-electron chi connectivity index (χ4n) is 0.224. The lowest BCUT2D eigenvalue weighted by molar-refractivity contribution is 0.612. The molecule has 44 valence electrons. The summed E-state index contributed by atoms with van der Waals surface area (Å²) in [4.78, 5) is 1.84. The molecule has 0 bridgehead atoms. The Hall–Kier alpha value is -0.310. The van der Waals surface area contributed by atoms with Crippen LogP contribution in [0.1, 0.15) is 1.43 Å². The molecule has 0 radical (unpaired) electrons. The highest BCUT2D eigenvalue weighted by molar-refractivity contribution is 7.80. The van der Waals surface area contributed by atoms with Crippen molar-refractivity contribution in [2.45, 2.75) is 0 Å². The first-order chi connectivity index (χ1) is 3.18. The van der Waals surface area contributed by atoms with Crippen LogP contribution in [0.2, 0.25) is 0 Å². The van der Waals surface area contributed by atoms with E-state index in [4.69, 9.17) is 12.2 Å². The molecule has 0 aliphatic rings. The van der Waals surface area contributed by atoms with Crippen LogP contribution in [0.3, 0.4) is 0 Å². The Morgan fingerprint density at radius 3 is 2.14 bits per heavy atom. The second-order valence-corrected chi connectivity index (χ2v) is 1.84. The largest absolute Gasteiger partial charge is 0.366 e. The number of rotatable bonds is 0. The molecule has 0 aliphatic carbocycles. The second-order valence-electron chi connectivity index (χ2n) is 1.45. The minimum atomic E-state index is 0. The number of nitrogens with one attached hydrogen (secondary N) is 1. The Bertz CT molecular complexity index is 74.4. The zero-order chi connectivity index (χ0) is 5.86. The summed E-state index contributed by atoms with van der Waals surface area (Å²) < 4.78 is 0. The quantitative estimate of drug-likeness (QED) is 0.463. The molecular weight excluding hydrogens is 108 g/mol. The summed E-state index contributed by atoms with van der Waals surface area (Å²) in [6, 6.07) is 0. The van der Waals surface area contributed by atoms with E-state index in [0.29, 0.717) is 0 Å². The van der Waals surface area contributed by atoms with Gasteiger partial charge in [-0.25, -0.2) is 0 Å². The van der Waals surface area contributed by atoms with Gasteiger partial charge in [-0.15, -0.1) is 0 Å². The lowest BCUT2D eigenvalue weighted by atomic mass is 10.9. The van der Waals surface area contributed by atoms with Crippen LogP contribution >= 0.6 is 12.2 Å². The summed E-state index contributed by atoms with van der Waals surface area (Å²) in [5, 5.41) is 3.59. The molecule has 1 N–H and O–H groups in total. The van der Waals surface area contributed by atoms with Crippen molar-refractivity contribution < 1.29 is 1.43 Å². The minimum absolute atomic E-state index is 0. The van der Waals surface area contributed by atoms with Gasteiger partial charge in [0.2, 0.25) is 0 Å². The molecule has 7 heavy (non-hydrogen) atoms. The van der Waals surface area contributed by atoms with Crippen molar-refractivity contribution in [2.75, 3.05) is 21.1 Å². The van der Waals surface area contributed by atoms with Gasteiger partial charge in [0.05, 0.1) is 0 Å². The highest BCUT2D eigenvalue weighted by Gasteiger charge is 1.88. The SMILES string of the molecule is CNC(=S)N(C)C.[HH]. The van der Waals surface area contributed by atoms with E-state index in [9.17, 15) is 0 Å². The maximum Gasteiger partial charge on any atom is 0.168 e. The number of hydrogen-bond donors (Lipinski definition) is 1. The average Bonchev–Trinajstić information content (AvgIpc) is 1.65. The van der Waals surface area contributed by atoms with Gasteiger partial charge in [0, 0.05) is 22.6 Å². The summed E-state index contributed by atoms with van der Waals surface area (Å²) in [6.07, 6.45) is 0. The van der Waals surface area contributed by atoms with E-state index in [1.165, 1.54) is 0 Å². The molecule has 3 heteroatoms. The van der Waals surface area contributed by atoms with E-state index in [2.05, 4.69) is 5.32 Å². The molecule has 0 amide bonds. The zero-order valence-electron chi connectivity index (χ0n) is 4.86. The van der Waals surface area contributed by atoms with Gasteiger partial charge < -0.3 is 10.2 Å². The Morgan fingerprint density at radius 2 is 2.14 bits per heavy atom. The summed E-state index contributed by atoms with van der Waals surface area (Å²) in [7, 11) is 5.61. The third-order valence-corrected chi connectivity index (χ3v) is 1.19. The van der Waals surface area contributed by atoms with Crippen molar-refractivity contribution >= 4 is 17.3 Å². The van der Waals surface area contributed by atoms with Crippen molar-refractivity contribution in [3.05, 3.63) is 0 Å². The van der Waals surface area contributed by atoms with Gasteiger partial charge in [-0.3, -0.25) is 0 Å². The van der Waals surface area contributed by atoms with E-state index < -0.39 is 0 Å². The Morgan fingerprint density at radius 1 is 1.71 bits per heavy atom. The Kier molecular flexibility index (Phi) is 2.67. The van der Waals surface area contributed by atoms with Gasteiger partial charge in [0.15, 0.2) is 5.11 Å². The lowest BCUT2D eigenvalue weighted by Gasteiger charge is -2.11. The summed E-state index contributed by atoms with van der Waals surface area (Å²) in [5.74, 6) is 0. The first-order valence-electron chi connectivity index (χ1n) is 2.07.